The second-order valence-corrected chi connectivity index (χ2v) is 10.9. The fourth-order valence-electron chi connectivity index (χ4n) is 7.18. The molecule has 4 bridgehead atoms. The molecule has 3 atom stereocenters. The summed E-state index contributed by atoms with van der Waals surface area (Å²) < 4.78 is 0. The molecule has 2 N–H and O–H groups in total. The number of amides is 2. The Morgan fingerprint density at radius 1 is 1.14 bits per heavy atom. The second kappa shape index (κ2) is 5.89. The van der Waals surface area contributed by atoms with Gasteiger partial charge in [-0.15, -0.1) is 0 Å². The number of carbonyl (C=O) groups excluding carboxylic acids is 2. The number of hydrogen-bond donors (Lipinski definition) is 1. The Labute approximate surface area is 175 Å². The Bertz CT molecular complexity index is 867. The zero-order valence-electron chi connectivity index (χ0n) is 16.3. The van der Waals surface area contributed by atoms with Crippen LogP contribution in [-0.2, 0) is 9.59 Å². The van der Waals surface area contributed by atoms with Gasteiger partial charge in [0.1, 0.15) is 0 Å². The first-order valence-corrected chi connectivity index (χ1v) is 11.0. The van der Waals surface area contributed by atoms with E-state index >= 15 is 0 Å². The average molecular weight is 421 g/mol. The molecule has 0 spiro atoms. The smallest absolute Gasteiger partial charge is 0.231 e. The van der Waals surface area contributed by atoms with Crippen molar-refractivity contribution in [2.75, 3.05) is 0 Å². The van der Waals surface area contributed by atoms with Crippen molar-refractivity contribution in [2.45, 2.75) is 58.0 Å². The zero-order chi connectivity index (χ0) is 20.0. The van der Waals surface area contributed by atoms with E-state index in [2.05, 4.69) is 4.90 Å². The number of halogens is 2. The lowest BCUT2D eigenvalue weighted by atomic mass is 9.46. The molecule has 1 saturated heterocycles. The fourth-order valence-corrected chi connectivity index (χ4v) is 7.59. The van der Waals surface area contributed by atoms with Crippen molar-refractivity contribution in [2.24, 2.45) is 34.3 Å². The van der Waals surface area contributed by atoms with Crippen LogP contribution in [0.3, 0.4) is 0 Å². The lowest BCUT2D eigenvalue weighted by Gasteiger charge is -2.66. The standard InChI is InChI=1S/C22H26Cl2N2O2/c1-21(2)18(14-4-3-5-15(23)16(14)24)26(20(21)28)17-12-6-11-7-13(17)10-22(8-11,9-12)19(25)27/h3-5,11-13,17-18H,6-10H2,1-2H3,(H2,25,27). The van der Waals surface area contributed by atoms with Gasteiger partial charge >= 0.3 is 0 Å². The first-order valence-electron chi connectivity index (χ1n) is 10.2. The highest BCUT2D eigenvalue weighted by atomic mass is 35.5. The predicted octanol–water partition coefficient (Wildman–Crippen LogP) is 4.58. The summed E-state index contributed by atoms with van der Waals surface area (Å²) >= 11 is 12.9. The van der Waals surface area contributed by atoms with Gasteiger partial charge in [-0.2, -0.15) is 0 Å². The molecule has 0 radical (unpaired) electrons. The van der Waals surface area contributed by atoms with Crippen molar-refractivity contribution in [1.82, 2.24) is 4.90 Å². The molecule has 1 aromatic rings. The maximum absolute atomic E-state index is 13.3. The summed E-state index contributed by atoms with van der Waals surface area (Å²) in [5.74, 6) is 1.30. The summed E-state index contributed by atoms with van der Waals surface area (Å²) in [7, 11) is 0. The SMILES string of the molecule is CC1(C)C(=O)N(C2C3CC4CC2CC(C(N)=O)(C4)C3)C1c1cccc(Cl)c1Cl. The highest BCUT2D eigenvalue weighted by Gasteiger charge is 2.65. The molecule has 2 amide bonds. The molecule has 4 nitrogen and oxygen atoms in total. The number of carbonyl (C=O) groups is 2. The predicted molar refractivity (Wildman–Crippen MR) is 109 cm³/mol. The van der Waals surface area contributed by atoms with Crippen LogP contribution in [0.2, 0.25) is 10.0 Å². The van der Waals surface area contributed by atoms with Crippen molar-refractivity contribution < 1.29 is 9.59 Å². The average Bonchev–Trinajstić information content (AvgIpc) is 2.62. The third kappa shape index (κ3) is 2.31. The quantitative estimate of drug-likeness (QED) is 0.726. The molecule has 150 valence electrons. The van der Waals surface area contributed by atoms with E-state index in [1.807, 2.05) is 26.0 Å². The molecule has 5 fully saturated rings. The Kier molecular flexibility index (Phi) is 3.94. The van der Waals surface area contributed by atoms with E-state index in [-0.39, 0.29) is 29.3 Å². The zero-order valence-corrected chi connectivity index (χ0v) is 17.8. The van der Waals surface area contributed by atoms with Crippen LogP contribution in [0.5, 0.6) is 0 Å². The molecule has 5 aliphatic rings. The first-order chi connectivity index (χ1) is 13.2. The van der Waals surface area contributed by atoms with Gasteiger partial charge in [0.2, 0.25) is 11.8 Å². The molecule has 3 unspecified atom stereocenters. The first kappa shape index (κ1) is 18.7. The summed E-state index contributed by atoms with van der Waals surface area (Å²) in [6.45, 7) is 3.99. The van der Waals surface area contributed by atoms with Crippen LogP contribution in [0.15, 0.2) is 18.2 Å². The normalized spacial score (nSPS) is 40.5. The van der Waals surface area contributed by atoms with E-state index in [1.54, 1.807) is 6.07 Å². The van der Waals surface area contributed by atoms with Gasteiger partial charge in [0.15, 0.2) is 0 Å². The maximum Gasteiger partial charge on any atom is 0.231 e. The minimum absolute atomic E-state index is 0.0849. The molecule has 4 aliphatic carbocycles. The fraction of sp³-hybridized carbons (Fsp3) is 0.636. The Morgan fingerprint density at radius 2 is 1.79 bits per heavy atom. The van der Waals surface area contributed by atoms with Gasteiger partial charge in [-0.3, -0.25) is 9.59 Å². The molecule has 1 aliphatic heterocycles. The molecule has 28 heavy (non-hydrogen) atoms. The minimum atomic E-state index is -0.510. The van der Waals surface area contributed by atoms with Crippen LogP contribution in [0, 0.1) is 28.6 Å². The van der Waals surface area contributed by atoms with E-state index in [0.29, 0.717) is 27.8 Å². The Balaban J connectivity index is 1.53. The molecule has 0 aromatic heterocycles. The minimum Gasteiger partial charge on any atom is -0.369 e. The van der Waals surface area contributed by atoms with E-state index in [0.717, 1.165) is 37.7 Å². The van der Waals surface area contributed by atoms with Gasteiger partial charge in [-0.1, -0.05) is 35.3 Å². The highest BCUT2D eigenvalue weighted by molar-refractivity contribution is 6.42. The van der Waals surface area contributed by atoms with Crippen LogP contribution in [0.25, 0.3) is 0 Å². The number of rotatable bonds is 3. The van der Waals surface area contributed by atoms with Crippen LogP contribution >= 0.6 is 23.2 Å². The maximum atomic E-state index is 13.3. The van der Waals surface area contributed by atoms with Crippen LogP contribution in [0.1, 0.15) is 57.6 Å². The largest absolute Gasteiger partial charge is 0.369 e. The Morgan fingerprint density at radius 3 is 2.39 bits per heavy atom. The molecule has 6 rings (SSSR count). The summed E-state index contributed by atoms with van der Waals surface area (Å²) in [5, 5.41) is 1.06. The van der Waals surface area contributed by atoms with Crippen molar-refractivity contribution >= 4 is 35.0 Å². The molecule has 4 saturated carbocycles. The molecule has 1 heterocycles. The van der Waals surface area contributed by atoms with Crippen molar-refractivity contribution in [3.05, 3.63) is 33.8 Å². The van der Waals surface area contributed by atoms with Crippen molar-refractivity contribution in [1.29, 1.82) is 0 Å². The third-order valence-electron chi connectivity index (χ3n) is 8.09. The van der Waals surface area contributed by atoms with Gasteiger partial charge < -0.3 is 10.6 Å². The monoisotopic (exact) mass is 420 g/mol. The number of nitrogens with zero attached hydrogens (tertiary/aromatic N) is 1. The van der Waals surface area contributed by atoms with Crippen LogP contribution in [0.4, 0.5) is 0 Å². The lowest BCUT2D eigenvalue weighted by Crippen LogP contribution is -2.71. The topological polar surface area (TPSA) is 63.4 Å². The lowest BCUT2D eigenvalue weighted by molar-refractivity contribution is -0.198. The number of nitrogens with two attached hydrogens (primary N) is 1. The number of hydrogen-bond acceptors (Lipinski definition) is 2. The van der Waals surface area contributed by atoms with E-state index < -0.39 is 5.41 Å². The summed E-state index contributed by atoms with van der Waals surface area (Å²) in [6, 6.07) is 5.76. The summed E-state index contributed by atoms with van der Waals surface area (Å²) in [5.41, 5.74) is 5.90. The second-order valence-electron chi connectivity index (χ2n) is 10.1. The summed E-state index contributed by atoms with van der Waals surface area (Å²) in [6.07, 6.45) is 4.76. The van der Waals surface area contributed by atoms with Gasteiger partial charge in [0.05, 0.1) is 21.5 Å². The van der Waals surface area contributed by atoms with Gasteiger partial charge in [0, 0.05) is 11.5 Å². The van der Waals surface area contributed by atoms with Crippen molar-refractivity contribution in [3.63, 3.8) is 0 Å². The summed E-state index contributed by atoms with van der Waals surface area (Å²) in [4.78, 5) is 27.6. The molecular weight excluding hydrogens is 395 g/mol. The van der Waals surface area contributed by atoms with Crippen LogP contribution in [-0.4, -0.2) is 22.8 Å². The number of likely N-dealkylation sites (tertiary alicyclic amines) is 1. The molecular formula is C22H26Cl2N2O2. The van der Waals surface area contributed by atoms with Gasteiger partial charge in [-0.25, -0.2) is 0 Å². The number of β-lactam (4-membered cyclic amide) rings is 1. The number of primary amides is 1. The van der Waals surface area contributed by atoms with Gasteiger partial charge in [-0.05, 0) is 75.3 Å². The highest BCUT2D eigenvalue weighted by Crippen LogP contribution is 2.64. The van der Waals surface area contributed by atoms with E-state index in [9.17, 15) is 9.59 Å². The molecule has 6 heteroatoms. The molecule has 1 aromatic carbocycles. The van der Waals surface area contributed by atoms with Gasteiger partial charge in [0.25, 0.3) is 0 Å². The van der Waals surface area contributed by atoms with Crippen molar-refractivity contribution in [3.8, 4) is 0 Å². The van der Waals surface area contributed by atoms with E-state index in [1.165, 1.54) is 0 Å². The van der Waals surface area contributed by atoms with E-state index in [4.69, 9.17) is 28.9 Å². The number of benzene rings is 1. The third-order valence-corrected chi connectivity index (χ3v) is 8.92. The Hall–Kier alpha value is -1.26. The van der Waals surface area contributed by atoms with Crippen LogP contribution < -0.4 is 5.73 Å².